The zero-order valence-electron chi connectivity index (χ0n) is 19.1. The van der Waals surface area contributed by atoms with Crippen molar-refractivity contribution in [1.82, 2.24) is 15.5 Å². The molecule has 1 unspecified atom stereocenters. The van der Waals surface area contributed by atoms with Crippen molar-refractivity contribution in [2.24, 2.45) is 10.7 Å². The van der Waals surface area contributed by atoms with E-state index in [0.717, 1.165) is 6.54 Å². The van der Waals surface area contributed by atoms with Crippen LogP contribution in [0.2, 0.25) is 5.02 Å². The van der Waals surface area contributed by atoms with E-state index in [0.29, 0.717) is 23.6 Å². The van der Waals surface area contributed by atoms with Gasteiger partial charge < -0.3 is 26.0 Å². The normalized spacial score (nSPS) is 17.3. The first-order valence-corrected chi connectivity index (χ1v) is 10.9. The zero-order valence-corrected chi connectivity index (χ0v) is 19.9. The molecular formula is C23H27ClN6O4. The van der Waals surface area contributed by atoms with Gasteiger partial charge in [-0.25, -0.2) is 0 Å². The molecule has 0 radical (unpaired) electrons. The van der Waals surface area contributed by atoms with E-state index in [1.807, 2.05) is 19.0 Å². The summed E-state index contributed by atoms with van der Waals surface area (Å²) < 4.78 is 5.64. The molecule has 10 nitrogen and oxygen atoms in total. The largest absolute Gasteiger partial charge is 0.492 e. The molecule has 1 atom stereocenters. The Morgan fingerprint density at radius 2 is 1.88 bits per heavy atom. The monoisotopic (exact) mass is 486 g/mol. The summed E-state index contributed by atoms with van der Waals surface area (Å²) in [5.74, 6) is -1.11. The van der Waals surface area contributed by atoms with E-state index in [2.05, 4.69) is 20.9 Å². The van der Waals surface area contributed by atoms with E-state index in [1.165, 1.54) is 7.05 Å². The lowest BCUT2D eigenvalue weighted by molar-refractivity contribution is -0.123. The van der Waals surface area contributed by atoms with Crippen LogP contribution in [0.15, 0.2) is 47.5 Å². The number of nitrogens with zero attached hydrogens (tertiary/aromatic N) is 2. The number of halogens is 1. The first-order valence-electron chi connectivity index (χ1n) is 10.5. The number of amides is 3. The second-order valence-corrected chi connectivity index (χ2v) is 8.27. The van der Waals surface area contributed by atoms with E-state index in [-0.39, 0.29) is 23.0 Å². The van der Waals surface area contributed by atoms with Gasteiger partial charge in [0.15, 0.2) is 5.54 Å². The number of primary amides is 1. The van der Waals surface area contributed by atoms with E-state index >= 15 is 0 Å². The van der Waals surface area contributed by atoms with E-state index < -0.39 is 23.3 Å². The number of aliphatic imine (C=N–C) groups is 1. The number of nitrogens with two attached hydrogens (primary N) is 1. The summed E-state index contributed by atoms with van der Waals surface area (Å²) in [5, 5.41) is 8.40. The zero-order chi connectivity index (χ0) is 24.9. The number of carbonyl (C=O) groups is 3. The van der Waals surface area contributed by atoms with Gasteiger partial charge >= 0.3 is 0 Å². The van der Waals surface area contributed by atoms with Gasteiger partial charge in [0.25, 0.3) is 11.8 Å². The number of hydrogen-bond donors (Lipinski definition) is 4. The molecule has 3 rings (SSSR count). The Hall–Kier alpha value is -3.47. The third-order valence-corrected chi connectivity index (χ3v) is 5.63. The maximum atomic E-state index is 12.7. The Morgan fingerprint density at radius 3 is 2.47 bits per heavy atom. The maximum absolute atomic E-state index is 12.7. The van der Waals surface area contributed by atoms with Gasteiger partial charge in [0, 0.05) is 19.3 Å². The molecule has 1 heterocycles. The summed E-state index contributed by atoms with van der Waals surface area (Å²) in [6.07, 6.45) is 0. The molecule has 0 saturated carbocycles. The van der Waals surface area contributed by atoms with Gasteiger partial charge in [0.05, 0.1) is 17.3 Å². The van der Waals surface area contributed by atoms with Crippen molar-refractivity contribution in [2.75, 3.05) is 46.3 Å². The number of anilines is 1. The van der Waals surface area contributed by atoms with Crippen LogP contribution in [0.3, 0.4) is 0 Å². The third-order valence-electron chi connectivity index (χ3n) is 5.32. The SMILES string of the molecule is CNC(=O)C1=NCNC1(C(N)=O)c1ccc(NC(=O)c2ccc(OCCN(C)C)cc2Cl)cc1. The van der Waals surface area contributed by atoms with Crippen LogP contribution >= 0.6 is 11.6 Å². The average Bonchev–Trinajstić information content (AvgIpc) is 3.25. The maximum Gasteiger partial charge on any atom is 0.267 e. The predicted octanol–water partition coefficient (Wildman–Crippen LogP) is 0.961. The number of hydrogen-bond acceptors (Lipinski definition) is 7. The minimum atomic E-state index is -1.56. The van der Waals surface area contributed by atoms with Gasteiger partial charge in [-0.1, -0.05) is 23.7 Å². The second-order valence-electron chi connectivity index (χ2n) is 7.86. The highest BCUT2D eigenvalue weighted by molar-refractivity contribution is 6.47. The highest BCUT2D eigenvalue weighted by Crippen LogP contribution is 2.29. The fraction of sp³-hybridized carbons (Fsp3) is 0.304. The van der Waals surface area contributed by atoms with Crippen LogP contribution in [-0.4, -0.2) is 69.3 Å². The van der Waals surface area contributed by atoms with Gasteiger partial charge in [-0.2, -0.15) is 0 Å². The van der Waals surface area contributed by atoms with Gasteiger partial charge in [-0.05, 0) is 50.0 Å². The molecule has 0 spiro atoms. The van der Waals surface area contributed by atoms with Gasteiger partial charge in [-0.15, -0.1) is 0 Å². The summed E-state index contributed by atoms with van der Waals surface area (Å²) in [5.41, 5.74) is 5.26. The summed E-state index contributed by atoms with van der Waals surface area (Å²) >= 11 is 6.29. The number of rotatable bonds is 9. The standard InChI is InChI=1S/C23H27ClN6O4/c1-26-21(32)19-23(22(25)33,28-13-27-19)14-4-6-15(7-5-14)29-20(31)17-9-8-16(12-18(17)24)34-11-10-30(2)3/h4-9,12,28H,10-11,13H2,1-3H3,(H2,25,33)(H,26,32)(H,29,31). The Labute approximate surface area is 202 Å². The lowest BCUT2D eigenvalue weighted by atomic mass is 9.84. The van der Waals surface area contributed by atoms with E-state index in [1.54, 1.807) is 42.5 Å². The minimum absolute atomic E-state index is 0.0149. The molecular weight excluding hydrogens is 460 g/mol. The average molecular weight is 487 g/mol. The van der Waals surface area contributed by atoms with Crippen molar-refractivity contribution in [3.8, 4) is 5.75 Å². The number of benzene rings is 2. The van der Waals surface area contributed by atoms with E-state index in [9.17, 15) is 14.4 Å². The number of nitrogens with one attached hydrogen (secondary N) is 3. The molecule has 0 aromatic heterocycles. The fourth-order valence-corrected chi connectivity index (χ4v) is 3.76. The predicted molar refractivity (Wildman–Crippen MR) is 130 cm³/mol. The fourth-order valence-electron chi connectivity index (χ4n) is 3.50. The number of ether oxygens (including phenoxy) is 1. The van der Waals surface area contributed by atoms with E-state index in [4.69, 9.17) is 22.1 Å². The topological polar surface area (TPSA) is 138 Å². The molecule has 0 aliphatic carbocycles. The highest BCUT2D eigenvalue weighted by Gasteiger charge is 2.49. The van der Waals surface area contributed by atoms with Crippen molar-refractivity contribution in [3.63, 3.8) is 0 Å². The van der Waals surface area contributed by atoms with Crippen molar-refractivity contribution in [3.05, 3.63) is 58.6 Å². The third kappa shape index (κ3) is 5.19. The number of carbonyl (C=O) groups excluding carboxylic acids is 3. The first kappa shape index (κ1) is 25.2. The molecule has 0 saturated heterocycles. The summed E-state index contributed by atoms with van der Waals surface area (Å²) in [6, 6.07) is 11.3. The number of likely N-dealkylation sites (N-methyl/N-ethyl adjacent to an activating group) is 1. The summed E-state index contributed by atoms with van der Waals surface area (Å²) in [6.45, 7) is 1.31. The van der Waals surface area contributed by atoms with Crippen LogP contribution in [0.4, 0.5) is 5.69 Å². The Kier molecular flexibility index (Phi) is 7.87. The van der Waals surface area contributed by atoms with Crippen LogP contribution in [0.1, 0.15) is 15.9 Å². The Balaban J connectivity index is 1.74. The quantitative estimate of drug-likeness (QED) is 0.416. The van der Waals surface area contributed by atoms with Crippen LogP contribution in [-0.2, 0) is 15.1 Å². The molecule has 1 aliphatic heterocycles. The molecule has 5 N–H and O–H groups in total. The molecule has 0 bridgehead atoms. The van der Waals surface area contributed by atoms with Crippen molar-refractivity contribution in [1.29, 1.82) is 0 Å². The van der Waals surface area contributed by atoms with Crippen LogP contribution < -0.4 is 26.4 Å². The Bertz CT molecular complexity index is 1120. The molecule has 180 valence electrons. The van der Waals surface area contributed by atoms with Crippen LogP contribution in [0.5, 0.6) is 5.75 Å². The van der Waals surface area contributed by atoms with Crippen LogP contribution in [0.25, 0.3) is 0 Å². The van der Waals surface area contributed by atoms with Gasteiger partial charge in [-0.3, -0.25) is 24.7 Å². The Morgan fingerprint density at radius 1 is 1.18 bits per heavy atom. The second kappa shape index (κ2) is 10.6. The molecule has 2 aromatic rings. The highest BCUT2D eigenvalue weighted by atomic mass is 35.5. The van der Waals surface area contributed by atoms with Gasteiger partial charge in [0.1, 0.15) is 18.1 Å². The van der Waals surface area contributed by atoms with Crippen molar-refractivity contribution in [2.45, 2.75) is 5.54 Å². The van der Waals surface area contributed by atoms with Crippen molar-refractivity contribution >= 4 is 40.7 Å². The van der Waals surface area contributed by atoms with Gasteiger partial charge in [0.2, 0.25) is 5.91 Å². The molecule has 34 heavy (non-hydrogen) atoms. The minimum Gasteiger partial charge on any atom is -0.492 e. The summed E-state index contributed by atoms with van der Waals surface area (Å²) in [7, 11) is 5.34. The molecule has 1 aliphatic rings. The van der Waals surface area contributed by atoms with Crippen molar-refractivity contribution < 1.29 is 19.1 Å². The first-order chi connectivity index (χ1) is 16.2. The lowest BCUT2D eigenvalue weighted by Crippen LogP contribution is -2.58. The molecule has 11 heteroatoms. The molecule has 0 fully saturated rings. The van der Waals surface area contributed by atoms with Crippen LogP contribution in [0, 0.1) is 0 Å². The molecule has 3 amide bonds. The lowest BCUT2D eigenvalue weighted by Gasteiger charge is -2.27. The molecule has 2 aromatic carbocycles. The summed E-state index contributed by atoms with van der Waals surface area (Å²) in [4.78, 5) is 43.5. The smallest absolute Gasteiger partial charge is 0.267 e.